The van der Waals surface area contributed by atoms with E-state index in [1.54, 1.807) is 11.3 Å². The number of aryl methyl sites for hydroxylation is 2. The molecule has 136 valence electrons. The Bertz CT molecular complexity index is 933. The summed E-state index contributed by atoms with van der Waals surface area (Å²) in [7, 11) is 2.02. The summed E-state index contributed by atoms with van der Waals surface area (Å²) in [5, 5.41) is 13.0. The molecule has 0 saturated carbocycles. The van der Waals surface area contributed by atoms with E-state index >= 15 is 0 Å². The minimum absolute atomic E-state index is 0.00743. The van der Waals surface area contributed by atoms with Gasteiger partial charge in [-0.1, -0.05) is 30.4 Å². The van der Waals surface area contributed by atoms with Crippen molar-refractivity contribution in [1.82, 2.24) is 30.0 Å². The zero-order chi connectivity index (χ0) is 18.1. The highest BCUT2D eigenvalue weighted by Crippen LogP contribution is 2.32. The number of rotatable bonds is 4. The fourth-order valence-corrected chi connectivity index (χ4v) is 4.22. The van der Waals surface area contributed by atoms with Crippen molar-refractivity contribution < 1.29 is 4.79 Å². The Kier molecular flexibility index (Phi) is 4.58. The highest BCUT2D eigenvalue weighted by atomic mass is 32.1. The quantitative estimate of drug-likeness (QED) is 0.766. The molecular weight excluding hydrogens is 348 g/mol. The second-order valence-electron chi connectivity index (χ2n) is 6.47. The van der Waals surface area contributed by atoms with Gasteiger partial charge < -0.3 is 14.8 Å². The number of carbonyl (C=O) groups is 1. The monoisotopic (exact) mass is 370 g/mol. The van der Waals surface area contributed by atoms with Crippen molar-refractivity contribution in [2.75, 3.05) is 6.54 Å². The number of nitrogens with one attached hydrogen (secondary N) is 1. The van der Waals surface area contributed by atoms with E-state index in [0.717, 1.165) is 52.7 Å². The summed E-state index contributed by atoms with van der Waals surface area (Å²) < 4.78 is 2.10. The second-order valence-corrected chi connectivity index (χ2v) is 7.62. The van der Waals surface area contributed by atoms with Gasteiger partial charge in [-0.25, -0.2) is 9.78 Å². The summed E-state index contributed by atoms with van der Waals surface area (Å²) in [4.78, 5) is 19.4. The summed E-state index contributed by atoms with van der Waals surface area (Å²) in [6, 6.07) is 8.02. The number of hydrogen-bond donors (Lipinski definition) is 1. The van der Waals surface area contributed by atoms with Gasteiger partial charge in [0.2, 0.25) is 0 Å². The second kappa shape index (κ2) is 7.03. The van der Waals surface area contributed by atoms with Crippen molar-refractivity contribution in [2.45, 2.75) is 38.8 Å². The zero-order valence-electron chi connectivity index (χ0n) is 15.0. The van der Waals surface area contributed by atoms with Crippen molar-refractivity contribution in [3.05, 3.63) is 40.1 Å². The molecule has 26 heavy (non-hydrogen) atoms. The first kappa shape index (κ1) is 17.0. The van der Waals surface area contributed by atoms with E-state index < -0.39 is 0 Å². The molecule has 1 N–H and O–H groups in total. The topological polar surface area (TPSA) is 75.9 Å². The molecule has 1 aliphatic rings. The Morgan fingerprint density at radius 3 is 2.88 bits per heavy atom. The summed E-state index contributed by atoms with van der Waals surface area (Å²) in [6.45, 7) is 3.22. The van der Waals surface area contributed by atoms with Gasteiger partial charge in [0.05, 0.1) is 23.6 Å². The van der Waals surface area contributed by atoms with Gasteiger partial charge in [0, 0.05) is 13.6 Å². The first-order chi connectivity index (χ1) is 12.7. The van der Waals surface area contributed by atoms with Gasteiger partial charge >= 0.3 is 6.03 Å². The Morgan fingerprint density at radius 1 is 1.31 bits per heavy atom. The molecule has 1 unspecified atom stereocenters. The van der Waals surface area contributed by atoms with Crippen molar-refractivity contribution in [2.24, 2.45) is 7.05 Å². The van der Waals surface area contributed by atoms with Crippen molar-refractivity contribution in [1.29, 1.82) is 0 Å². The van der Waals surface area contributed by atoms with Crippen LogP contribution in [0.15, 0.2) is 24.3 Å². The average Bonchev–Trinajstić information content (AvgIpc) is 3.38. The molecule has 1 saturated heterocycles. The van der Waals surface area contributed by atoms with Crippen LogP contribution in [0.2, 0.25) is 0 Å². The Balaban J connectivity index is 1.50. The molecule has 0 spiro atoms. The largest absolute Gasteiger partial charge is 0.331 e. The molecule has 3 heterocycles. The molecular formula is C18H22N6OS. The molecule has 0 radical (unpaired) electrons. The number of benzene rings is 1. The van der Waals surface area contributed by atoms with Crippen molar-refractivity contribution in [3.63, 3.8) is 0 Å². The third-order valence-corrected chi connectivity index (χ3v) is 5.90. The van der Waals surface area contributed by atoms with E-state index in [4.69, 9.17) is 4.98 Å². The van der Waals surface area contributed by atoms with E-state index in [1.807, 2.05) is 30.1 Å². The molecule has 4 rings (SSSR count). The van der Waals surface area contributed by atoms with Gasteiger partial charge in [0.25, 0.3) is 0 Å². The highest BCUT2D eigenvalue weighted by Gasteiger charge is 2.33. The lowest BCUT2D eigenvalue weighted by atomic mass is 10.2. The van der Waals surface area contributed by atoms with Crippen LogP contribution in [-0.2, 0) is 20.0 Å². The molecule has 1 aromatic carbocycles. The van der Waals surface area contributed by atoms with Gasteiger partial charge in [-0.2, -0.15) is 0 Å². The summed E-state index contributed by atoms with van der Waals surface area (Å²) in [5.74, 6) is 0.947. The van der Waals surface area contributed by atoms with Crippen LogP contribution in [0.1, 0.15) is 41.6 Å². The maximum atomic E-state index is 12.7. The van der Waals surface area contributed by atoms with Gasteiger partial charge in [-0.3, -0.25) is 0 Å². The third kappa shape index (κ3) is 3.05. The molecule has 1 atom stereocenters. The maximum Gasteiger partial charge on any atom is 0.318 e. The molecule has 0 bridgehead atoms. The average molecular weight is 370 g/mol. The fraction of sp³-hybridized carbons (Fsp3) is 0.444. The Hall–Kier alpha value is -2.48. The summed E-state index contributed by atoms with van der Waals surface area (Å²) >= 11 is 1.55. The molecule has 1 fully saturated rings. The molecule has 2 aromatic heterocycles. The van der Waals surface area contributed by atoms with E-state index in [2.05, 4.69) is 33.1 Å². The number of hydrogen-bond acceptors (Lipinski definition) is 5. The van der Waals surface area contributed by atoms with E-state index in [-0.39, 0.29) is 12.1 Å². The first-order valence-corrected chi connectivity index (χ1v) is 9.76. The Morgan fingerprint density at radius 2 is 2.12 bits per heavy atom. The van der Waals surface area contributed by atoms with Crippen LogP contribution in [0.3, 0.4) is 0 Å². The SMILES string of the molecule is CCc1nnc(CNC(=O)N2CCCC2c2nc3ccccc3n2C)s1. The number of urea groups is 1. The molecule has 0 aliphatic carbocycles. The van der Waals surface area contributed by atoms with Crippen molar-refractivity contribution in [3.8, 4) is 0 Å². The fourth-order valence-electron chi connectivity index (χ4n) is 3.50. The van der Waals surface area contributed by atoms with Crippen LogP contribution in [0, 0.1) is 0 Å². The minimum atomic E-state index is -0.0622. The minimum Gasteiger partial charge on any atom is -0.331 e. The predicted octanol–water partition coefficient (Wildman–Crippen LogP) is 3.03. The lowest BCUT2D eigenvalue weighted by molar-refractivity contribution is 0.190. The number of fused-ring (bicyclic) bond motifs is 1. The van der Waals surface area contributed by atoms with Crippen LogP contribution in [0.25, 0.3) is 11.0 Å². The number of amides is 2. The van der Waals surface area contributed by atoms with Crippen LogP contribution in [0.5, 0.6) is 0 Å². The summed E-state index contributed by atoms with van der Waals surface area (Å²) in [6.07, 6.45) is 2.79. The van der Waals surface area contributed by atoms with Gasteiger partial charge in [0.15, 0.2) is 0 Å². The van der Waals surface area contributed by atoms with E-state index in [1.165, 1.54) is 0 Å². The lowest BCUT2D eigenvalue weighted by Gasteiger charge is -2.24. The molecule has 8 heteroatoms. The molecule has 7 nitrogen and oxygen atoms in total. The smallest absolute Gasteiger partial charge is 0.318 e. The van der Waals surface area contributed by atoms with Crippen LogP contribution < -0.4 is 5.32 Å². The van der Waals surface area contributed by atoms with E-state index in [9.17, 15) is 4.79 Å². The zero-order valence-corrected chi connectivity index (χ0v) is 15.8. The van der Waals surface area contributed by atoms with Crippen LogP contribution >= 0.6 is 11.3 Å². The maximum absolute atomic E-state index is 12.7. The number of imidazole rings is 1. The van der Waals surface area contributed by atoms with Gasteiger partial charge in [0.1, 0.15) is 15.8 Å². The van der Waals surface area contributed by atoms with Crippen molar-refractivity contribution >= 4 is 28.4 Å². The van der Waals surface area contributed by atoms with Crippen LogP contribution in [0.4, 0.5) is 4.79 Å². The predicted molar refractivity (Wildman–Crippen MR) is 101 cm³/mol. The number of nitrogens with zero attached hydrogens (tertiary/aromatic N) is 5. The van der Waals surface area contributed by atoms with E-state index in [0.29, 0.717) is 6.54 Å². The number of para-hydroxylation sites is 2. The number of likely N-dealkylation sites (tertiary alicyclic amines) is 1. The van der Waals surface area contributed by atoms with Gasteiger partial charge in [-0.05, 0) is 31.4 Å². The first-order valence-electron chi connectivity index (χ1n) is 8.94. The van der Waals surface area contributed by atoms with Gasteiger partial charge in [-0.15, -0.1) is 10.2 Å². The molecule has 1 aliphatic heterocycles. The normalized spacial score (nSPS) is 17.2. The number of carbonyl (C=O) groups excluding carboxylic acids is 1. The van der Waals surface area contributed by atoms with Crippen LogP contribution in [-0.4, -0.2) is 37.2 Å². The highest BCUT2D eigenvalue weighted by molar-refractivity contribution is 7.11. The summed E-state index contributed by atoms with van der Waals surface area (Å²) in [5.41, 5.74) is 2.06. The number of aromatic nitrogens is 4. The Labute approximate surface area is 156 Å². The standard InChI is InChI=1S/C18H22N6OS/c1-3-15-21-22-16(26-15)11-19-18(25)24-10-6-9-14(24)17-20-12-7-4-5-8-13(12)23(17)2/h4-5,7-8,14H,3,6,9-11H2,1-2H3,(H,19,25). The molecule has 2 amide bonds. The lowest BCUT2D eigenvalue weighted by Crippen LogP contribution is -2.39. The molecule has 3 aromatic rings. The third-order valence-electron chi connectivity index (χ3n) is 4.84.